The van der Waals surface area contributed by atoms with Gasteiger partial charge in [-0.3, -0.25) is 0 Å². The number of sulfonamides is 1. The van der Waals surface area contributed by atoms with Crippen LogP contribution in [0.2, 0.25) is 0 Å². The normalized spacial score (nSPS) is 23.4. The highest BCUT2D eigenvalue weighted by atomic mass is 32.2. The van der Waals surface area contributed by atoms with Crippen LogP contribution in [0.5, 0.6) is 0 Å². The first kappa shape index (κ1) is 16.0. The average Bonchev–Trinajstić information content (AvgIpc) is 3.07. The van der Waals surface area contributed by atoms with Crippen LogP contribution in [0.1, 0.15) is 30.8 Å². The molecule has 1 atom stereocenters. The van der Waals surface area contributed by atoms with E-state index in [1.54, 1.807) is 6.92 Å². The summed E-state index contributed by atoms with van der Waals surface area (Å²) in [7, 11) is -3.74. The first-order chi connectivity index (χ1) is 9.82. The molecular weight excluding hydrogens is 296 g/mol. The van der Waals surface area contributed by atoms with Crippen LogP contribution in [0.3, 0.4) is 0 Å². The van der Waals surface area contributed by atoms with Gasteiger partial charge in [-0.05, 0) is 37.4 Å². The Morgan fingerprint density at radius 2 is 2.24 bits per heavy atom. The third-order valence-electron chi connectivity index (χ3n) is 3.67. The molecule has 21 heavy (non-hydrogen) atoms. The Morgan fingerprint density at radius 3 is 2.81 bits per heavy atom. The molecule has 1 fully saturated rings. The Balaban J connectivity index is 2.19. The number of carbonyl (C=O) groups excluding carboxylic acids is 1. The average molecular weight is 316 g/mol. The maximum absolute atomic E-state index is 12.5. The lowest BCUT2D eigenvalue weighted by Gasteiger charge is -2.21. The number of esters is 1. The number of carbonyl (C=O) groups is 1. The van der Waals surface area contributed by atoms with Crippen molar-refractivity contribution in [3.05, 3.63) is 17.9 Å². The van der Waals surface area contributed by atoms with Gasteiger partial charge in [0.05, 0.1) is 6.61 Å². The number of rotatable bonds is 5. The van der Waals surface area contributed by atoms with E-state index < -0.39 is 16.0 Å². The molecule has 1 aliphatic rings. The molecule has 0 saturated carbocycles. The molecule has 0 radical (unpaired) electrons. The van der Waals surface area contributed by atoms with Crippen molar-refractivity contribution < 1.29 is 22.4 Å². The predicted molar refractivity (Wildman–Crippen MR) is 75.2 cm³/mol. The zero-order valence-electron chi connectivity index (χ0n) is 12.2. The van der Waals surface area contributed by atoms with Crippen LogP contribution in [-0.4, -0.2) is 44.9 Å². The molecule has 2 rings (SSSR count). The fourth-order valence-corrected chi connectivity index (χ4v) is 3.75. The summed E-state index contributed by atoms with van der Waals surface area (Å²) < 4.78 is 36.2. The van der Waals surface area contributed by atoms with Crippen LogP contribution in [-0.2, 0) is 14.8 Å². The first-order valence-electron chi connectivity index (χ1n) is 6.79. The highest BCUT2D eigenvalue weighted by molar-refractivity contribution is 7.89. The zero-order valence-corrected chi connectivity index (χ0v) is 13.0. The van der Waals surface area contributed by atoms with Crippen LogP contribution in [0, 0.1) is 5.41 Å². The second kappa shape index (κ2) is 5.78. The Kier molecular flexibility index (Phi) is 4.40. The summed E-state index contributed by atoms with van der Waals surface area (Å²) >= 11 is 0. The van der Waals surface area contributed by atoms with Gasteiger partial charge < -0.3 is 14.9 Å². The number of hydrogen-bond acceptors (Lipinski definition) is 6. The summed E-state index contributed by atoms with van der Waals surface area (Å²) in [6.07, 6.45) is 0.703. The summed E-state index contributed by atoms with van der Waals surface area (Å²) in [6, 6.07) is 2.59. The molecule has 1 aliphatic heterocycles. The molecule has 0 aliphatic carbocycles. The van der Waals surface area contributed by atoms with Gasteiger partial charge in [-0.25, -0.2) is 13.2 Å². The third kappa shape index (κ3) is 3.12. The second-order valence-electron chi connectivity index (χ2n) is 5.44. The quantitative estimate of drug-likeness (QED) is 0.807. The molecule has 118 valence electrons. The standard InChI is InChI=1S/C13H20N2O5S/c1-3-19-12(16)10-4-5-11(20-10)21(17,18)15-7-6-13(2,8-14)9-15/h4-5H,3,6-9,14H2,1-2H3. The van der Waals surface area contributed by atoms with Gasteiger partial charge in [0, 0.05) is 13.1 Å². The zero-order chi connectivity index (χ0) is 15.7. The van der Waals surface area contributed by atoms with Gasteiger partial charge in [-0.1, -0.05) is 6.92 Å². The summed E-state index contributed by atoms with van der Waals surface area (Å²) in [6.45, 7) is 4.98. The van der Waals surface area contributed by atoms with Gasteiger partial charge in [-0.2, -0.15) is 4.31 Å². The van der Waals surface area contributed by atoms with Crippen LogP contribution in [0.25, 0.3) is 0 Å². The molecule has 1 aromatic rings. The number of hydrogen-bond donors (Lipinski definition) is 1. The van der Waals surface area contributed by atoms with Crippen molar-refractivity contribution in [1.29, 1.82) is 0 Å². The van der Waals surface area contributed by atoms with Gasteiger partial charge in [0.1, 0.15) is 0 Å². The molecule has 7 nitrogen and oxygen atoms in total. The molecule has 1 aromatic heterocycles. The van der Waals surface area contributed by atoms with Crippen molar-refractivity contribution in [2.75, 3.05) is 26.2 Å². The SMILES string of the molecule is CCOC(=O)c1ccc(S(=O)(=O)N2CCC(C)(CN)C2)o1. The molecule has 2 N–H and O–H groups in total. The van der Waals surface area contributed by atoms with E-state index in [2.05, 4.69) is 0 Å². The lowest BCUT2D eigenvalue weighted by Crippen LogP contribution is -2.34. The summed E-state index contributed by atoms with van der Waals surface area (Å²) in [4.78, 5) is 11.5. The van der Waals surface area contributed by atoms with Gasteiger partial charge in [0.25, 0.3) is 10.0 Å². The summed E-state index contributed by atoms with van der Waals surface area (Å²) in [5.74, 6) is -0.789. The Bertz CT molecular complexity index is 624. The van der Waals surface area contributed by atoms with Gasteiger partial charge in [-0.15, -0.1) is 0 Å². The minimum Gasteiger partial charge on any atom is -0.460 e. The van der Waals surface area contributed by atoms with E-state index in [9.17, 15) is 13.2 Å². The van der Waals surface area contributed by atoms with Crippen molar-refractivity contribution in [3.8, 4) is 0 Å². The number of furan rings is 1. The van der Waals surface area contributed by atoms with Crippen molar-refractivity contribution in [1.82, 2.24) is 4.31 Å². The van der Waals surface area contributed by atoms with Crippen LogP contribution in [0.15, 0.2) is 21.6 Å². The Labute approximate surface area is 124 Å². The van der Waals surface area contributed by atoms with Gasteiger partial charge in [0.15, 0.2) is 0 Å². The van der Waals surface area contributed by atoms with Crippen molar-refractivity contribution >= 4 is 16.0 Å². The predicted octanol–water partition coefficient (Wildman–Crippen LogP) is 0.816. The molecule has 8 heteroatoms. The molecule has 0 amide bonds. The minimum absolute atomic E-state index is 0.115. The van der Waals surface area contributed by atoms with Crippen molar-refractivity contribution in [2.45, 2.75) is 25.4 Å². The highest BCUT2D eigenvalue weighted by Crippen LogP contribution is 2.32. The molecule has 2 heterocycles. The van der Waals surface area contributed by atoms with Crippen LogP contribution in [0.4, 0.5) is 0 Å². The fraction of sp³-hybridized carbons (Fsp3) is 0.615. The monoisotopic (exact) mass is 316 g/mol. The minimum atomic E-state index is -3.74. The number of nitrogens with two attached hydrogens (primary N) is 1. The molecule has 0 bridgehead atoms. The van der Waals surface area contributed by atoms with E-state index in [-0.39, 0.29) is 22.9 Å². The van der Waals surface area contributed by atoms with Crippen LogP contribution >= 0.6 is 0 Å². The largest absolute Gasteiger partial charge is 0.460 e. The van der Waals surface area contributed by atoms with Crippen molar-refractivity contribution in [3.63, 3.8) is 0 Å². The third-order valence-corrected chi connectivity index (χ3v) is 5.39. The van der Waals surface area contributed by atoms with E-state index in [0.29, 0.717) is 26.1 Å². The van der Waals surface area contributed by atoms with Crippen molar-refractivity contribution in [2.24, 2.45) is 11.1 Å². The second-order valence-corrected chi connectivity index (χ2v) is 7.31. The topological polar surface area (TPSA) is 103 Å². The van der Waals surface area contributed by atoms with Gasteiger partial charge >= 0.3 is 5.97 Å². The maximum Gasteiger partial charge on any atom is 0.374 e. The Morgan fingerprint density at radius 1 is 1.52 bits per heavy atom. The summed E-state index contributed by atoms with van der Waals surface area (Å²) in [5, 5.41) is -0.244. The molecule has 1 unspecified atom stereocenters. The smallest absolute Gasteiger partial charge is 0.374 e. The Hall–Kier alpha value is -1.38. The van der Waals surface area contributed by atoms with E-state index in [0.717, 1.165) is 0 Å². The fourth-order valence-electron chi connectivity index (χ4n) is 2.25. The van der Waals surface area contributed by atoms with E-state index >= 15 is 0 Å². The lowest BCUT2D eigenvalue weighted by molar-refractivity contribution is 0.0483. The number of nitrogens with zero attached hydrogens (tertiary/aromatic N) is 1. The molecule has 1 saturated heterocycles. The molecule has 0 aromatic carbocycles. The van der Waals surface area contributed by atoms with Crippen LogP contribution < -0.4 is 5.73 Å². The number of ether oxygens (including phenoxy) is 1. The maximum atomic E-state index is 12.5. The lowest BCUT2D eigenvalue weighted by atomic mass is 9.90. The van der Waals surface area contributed by atoms with E-state index in [1.807, 2.05) is 6.92 Å². The molecular formula is C13H20N2O5S. The highest BCUT2D eigenvalue weighted by Gasteiger charge is 2.40. The summed E-state index contributed by atoms with van der Waals surface area (Å²) in [5.41, 5.74) is 5.46. The molecule has 0 spiro atoms. The van der Waals surface area contributed by atoms with Gasteiger partial charge in [0.2, 0.25) is 10.9 Å². The first-order valence-corrected chi connectivity index (χ1v) is 8.23. The van der Waals surface area contributed by atoms with E-state index in [4.69, 9.17) is 14.9 Å². The van der Waals surface area contributed by atoms with E-state index in [1.165, 1.54) is 16.4 Å².